The van der Waals surface area contributed by atoms with Gasteiger partial charge >= 0.3 is 0 Å². The van der Waals surface area contributed by atoms with Crippen LogP contribution in [0.2, 0.25) is 0 Å². The van der Waals surface area contributed by atoms with Crippen LogP contribution in [0.15, 0.2) is 29.2 Å². The molecular formula is C17H21N5O4. The lowest BCUT2D eigenvalue weighted by Crippen LogP contribution is -2.55. The van der Waals surface area contributed by atoms with Gasteiger partial charge in [-0.15, -0.1) is 0 Å². The number of β-amino-alcohol motifs (C(OH)–C–C–N with tert-alkyl or cyclic N) is 1. The van der Waals surface area contributed by atoms with E-state index < -0.39 is 18.1 Å². The van der Waals surface area contributed by atoms with Crippen LogP contribution in [0.25, 0.3) is 0 Å². The minimum Gasteiger partial charge on any atom is -0.389 e. The van der Waals surface area contributed by atoms with Gasteiger partial charge in [0, 0.05) is 38.0 Å². The number of hydrogen-bond acceptors (Lipinski definition) is 7. The fraction of sp³-hybridized carbons (Fsp3) is 0.471. The van der Waals surface area contributed by atoms with Crippen molar-refractivity contribution in [2.75, 3.05) is 13.1 Å². The Morgan fingerprint density at radius 2 is 2.23 bits per heavy atom. The fourth-order valence-electron chi connectivity index (χ4n) is 2.88. The van der Waals surface area contributed by atoms with E-state index in [2.05, 4.69) is 20.4 Å². The molecular weight excluding hydrogens is 338 g/mol. The number of piperidine rings is 1. The van der Waals surface area contributed by atoms with E-state index in [0.29, 0.717) is 18.7 Å². The summed E-state index contributed by atoms with van der Waals surface area (Å²) in [6.07, 6.45) is 5.44. The van der Waals surface area contributed by atoms with E-state index >= 15 is 0 Å². The highest BCUT2D eigenvalue weighted by atomic mass is 16.5. The fourth-order valence-corrected chi connectivity index (χ4v) is 2.88. The molecule has 3 heterocycles. The van der Waals surface area contributed by atoms with Gasteiger partial charge in [-0.25, -0.2) is 4.98 Å². The number of rotatable bonds is 5. The van der Waals surface area contributed by atoms with E-state index in [1.165, 1.54) is 23.5 Å². The first-order valence-electron chi connectivity index (χ1n) is 8.58. The number of amides is 2. The Bertz CT molecular complexity index is 764. The third-order valence-electron chi connectivity index (χ3n) is 4.26. The Labute approximate surface area is 150 Å². The van der Waals surface area contributed by atoms with Crippen molar-refractivity contribution in [1.29, 1.82) is 0 Å². The first-order chi connectivity index (χ1) is 12.6. The largest absolute Gasteiger partial charge is 0.389 e. The quantitative estimate of drug-likeness (QED) is 0.793. The van der Waals surface area contributed by atoms with Gasteiger partial charge in [0.05, 0.1) is 18.3 Å². The summed E-state index contributed by atoms with van der Waals surface area (Å²) in [6.45, 7) is 2.53. The van der Waals surface area contributed by atoms with Gasteiger partial charge in [0.15, 0.2) is 5.69 Å². The zero-order chi connectivity index (χ0) is 18.5. The average Bonchev–Trinajstić information content (AvgIpc) is 3.12. The number of hydrogen-bond donors (Lipinski definition) is 2. The smallest absolute Gasteiger partial charge is 0.276 e. The maximum atomic E-state index is 12.5. The van der Waals surface area contributed by atoms with Crippen molar-refractivity contribution in [3.8, 4) is 0 Å². The summed E-state index contributed by atoms with van der Waals surface area (Å²) in [5.41, 5.74) is 0.423. The molecule has 0 saturated carbocycles. The van der Waals surface area contributed by atoms with Crippen LogP contribution < -0.4 is 5.32 Å². The van der Waals surface area contributed by atoms with Crippen LogP contribution in [0.5, 0.6) is 0 Å². The van der Waals surface area contributed by atoms with Gasteiger partial charge in [0.25, 0.3) is 11.8 Å². The van der Waals surface area contributed by atoms with E-state index in [-0.39, 0.29) is 23.8 Å². The molecule has 1 aliphatic rings. The molecule has 138 valence electrons. The number of nitrogens with one attached hydrogen (secondary N) is 1. The second-order valence-corrected chi connectivity index (χ2v) is 6.21. The van der Waals surface area contributed by atoms with Crippen molar-refractivity contribution in [1.82, 2.24) is 25.3 Å². The molecule has 0 aliphatic carbocycles. The summed E-state index contributed by atoms with van der Waals surface area (Å²) in [5.74, 6) is -0.0148. The molecule has 9 heteroatoms. The van der Waals surface area contributed by atoms with Crippen molar-refractivity contribution < 1.29 is 19.2 Å². The van der Waals surface area contributed by atoms with Gasteiger partial charge in [0.2, 0.25) is 0 Å². The van der Waals surface area contributed by atoms with E-state index in [1.807, 2.05) is 6.92 Å². The van der Waals surface area contributed by atoms with Gasteiger partial charge in [0.1, 0.15) is 11.5 Å². The third-order valence-corrected chi connectivity index (χ3v) is 4.26. The van der Waals surface area contributed by atoms with Gasteiger partial charge in [-0.05, 0) is 12.8 Å². The van der Waals surface area contributed by atoms with Gasteiger partial charge in [-0.3, -0.25) is 14.6 Å². The normalized spacial score (nSPS) is 20.0. The summed E-state index contributed by atoms with van der Waals surface area (Å²) in [4.78, 5) is 33.9. The molecule has 1 aliphatic heterocycles. The average molecular weight is 359 g/mol. The molecule has 0 radical (unpaired) electrons. The van der Waals surface area contributed by atoms with E-state index in [4.69, 9.17) is 4.52 Å². The topological polar surface area (TPSA) is 121 Å². The maximum Gasteiger partial charge on any atom is 0.276 e. The molecule has 2 atom stereocenters. The highest BCUT2D eigenvalue weighted by Crippen LogP contribution is 2.16. The Balaban J connectivity index is 1.57. The number of aliphatic hydroxyl groups is 1. The number of nitrogens with zero attached hydrogens (tertiary/aromatic N) is 4. The van der Waals surface area contributed by atoms with Crippen LogP contribution in [0.4, 0.5) is 0 Å². The van der Waals surface area contributed by atoms with Gasteiger partial charge < -0.3 is 19.8 Å². The van der Waals surface area contributed by atoms with E-state index in [9.17, 15) is 14.7 Å². The molecule has 0 unspecified atom stereocenters. The first kappa shape index (κ1) is 18.0. The van der Waals surface area contributed by atoms with Crippen molar-refractivity contribution in [3.05, 3.63) is 41.8 Å². The Kier molecular flexibility index (Phi) is 5.57. The van der Waals surface area contributed by atoms with Crippen LogP contribution in [-0.4, -0.2) is 62.2 Å². The SMILES string of the molecule is CCCc1cc(C(=O)N2CC[C@@H](NC(=O)c3cnccn3)[C@H](O)C2)no1. The molecule has 2 aromatic rings. The molecule has 0 aromatic carbocycles. The maximum absolute atomic E-state index is 12.5. The standard InChI is InChI=1S/C17H21N5O4/c1-2-3-11-8-13(21-26-11)17(25)22-7-4-12(15(23)10-22)20-16(24)14-9-18-5-6-19-14/h5-6,8-9,12,15,23H,2-4,7,10H2,1H3,(H,20,24)/t12-,15-/m1/s1. The second-order valence-electron chi connectivity index (χ2n) is 6.21. The minimum absolute atomic E-state index is 0.111. The van der Waals surface area contributed by atoms with Crippen LogP contribution in [0.3, 0.4) is 0 Å². The van der Waals surface area contributed by atoms with Crippen LogP contribution in [0.1, 0.15) is 46.5 Å². The van der Waals surface area contributed by atoms with E-state index in [0.717, 1.165) is 12.8 Å². The molecule has 3 rings (SSSR count). The summed E-state index contributed by atoms with van der Waals surface area (Å²) in [6, 6.07) is 1.18. The van der Waals surface area contributed by atoms with Crippen molar-refractivity contribution in [2.24, 2.45) is 0 Å². The highest BCUT2D eigenvalue weighted by molar-refractivity contribution is 5.93. The predicted octanol–water partition coefficient (Wildman–Crippen LogP) is 0.422. The summed E-state index contributed by atoms with van der Waals surface area (Å²) in [5, 5.41) is 16.9. The van der Waals surface area contributed by atoms with Gasteiger partial charge in [-0.2, -0.15) is 0 Å². The zero-order valence-electron chi connectivity index (χ0n) is 14.5. The highest BCUT2D eigenvalue weighted by Gasteiger charge is 2.32. The number of carbonyl (C=O) groups is 2. The lowest BCUT2D eigenvalue weighted by atomic mass is 10.0. The van der Waals surface area contributed by atoms with Crippen molar-refractivity contribution in [2.45, 2.75) is 38.3 Å². The molecule has 1 fully saturated rings. The molecule has 0 bridgehead atoms. The molecule has 1 saturated heterocycles. The van der Waals surface area contributed by atoms with Crippen LogP contribution in [-0.2, 0) is 6.42 Å². The Morgan fingerprint density at radius 3 is 2.92 bits per heavy atom. The van der Waals surface area contributed by atoms with E-state index in [1.54, 1.807) is 6.07 Å². The predicted molar refractivity (Wildman–Crippen MR) is 90.3 cm³/mol. The molecule has 2 amide bonds. The molecule has 0 spiro atoms. The second kappa shape index (κ2) is 8.05. The number of aromatic nitrogens is 3. The summed E-state index contributed by atoms with van der Waals surface area (Å²) >= 11 is 0. The summed E-state index contributed by atoms with van der Waals surface area (Å²) < 4.78 is 5.14. The first-order valence-corrected chi connectivity index (χ1v) is 8.58. The zero-order valence-corrected chi connectivity index (χ0v) is 14.5. The molecule has 2 aromatic heterocycles. The number of aliphatic hydroxyl groups excluding tert-OH is 1. The molecule has 2 N–H and O–H groups in total. The third kappa shape index (κ3) is 4.05. The lowest BCUT2D eigenvalue weighted by Gasteiger charge is -2.35. The summed E-state index contributed by atoms with van der Waals surface area (Å²) in [7, 11) is 0. The van der Waals surface area contributed by atoms with Crippen molar-refractivity contribution in [3.63, 3.8) is 0 Å². The van der Waals surface area contributed by atoms with Crippen LogP contribution >= 0.6 is 0 Å². The van der Waals surface area contributed by atoms with Gasteiger partial charge in [-0.1, -0.05) is 12.1 Å². The molecule has 26 heavy (non-hydrogen) atoms. The van der Waals surface area contributed by atoms with Crippen molar-refractivity contribution >= 4 is 11.8 Å². The number of aryl methyl sites for hydroxylation is 1. The monoisotopic (exact) mass is 359 g/mol. The number of likely N-dealkylation sites (tertiary alicyclic amines) is 1. The Hall–Kier alpha value is -2.81. The minimum atomic E-state index is -0.879. The lowest BCUT2D eigenvalue weighted by molar-refractivity contribution is 0.0308. The number of carbonyl (C=O) groups excluding carboxylic acids is 2. The van der Waals surface area contributed by atoms with Crippen LogP contribution in [0, 0.1) is 0 Å². The Morgan fingerprint density at radius 1 is 1.38 bits per heavy atom. The molecule has 9 nitrogen and oxygen atoms in total.